The fourth-order valence-corrected chi connectivity index (χ4v) is 3.59. The molecule has 1 fully saturated rings. The van der Waals surface area contributed by atoms with Crippen molar-refractivity contribution in [3.05, 3.63) is 21.4 Å². The Bertz CT molecular complexity index is 410. The fraction of sp³-hybridized carbons (Fsp3) is 0.643. The van der Waals surface area contributed by atoms with E-state index in [0.29, 0.717) is 6.04 Å². The van der Waals surface area contributed by atoms with Crippen molar-refractivity contribution < 1.29 is 4.79 Å². The molecule has 2 rings (SSSR count). The van der Waals surface area contributed by atoms with E-state index in [2.05, 4.69) is 26.1 Å². The van der Waals surface area contributed by atoms with Gasteiger partial charge in [-0.1, -0.05) is 13.8 Å². The average Bonchev–Trinajstić information content (AvgIpc) is 2.85. The molecule has 0 aliphatic heterocycles. The van der Waals surface area contributed by atoms with Gasteiger partial charge in [0.15, 0.2) is 0 Å². The summed E-state index contributed by atoms with van der Waals surface area (Å²) in [5, 5.41) is 3.16. The lowest BCUT2D eigenvalue weighted by Gasteiger charge is -2.11. The second-order valence-corrected chi connectivity index (χ2v) is 6.30. The van der Waals surface area contributed by atoms with Gasteiger partial charge in [-0.25, -0.2) is 0 Å². The highest BCUT2D eigenvalue weighted by atomic mass is 32.1. The van der Waals surface area contributed by atoms with Crippen molar-refractivity contribution in [1.29, 1.82) is 0 Å². The van der Waals surface area contributed by atoms with E-state index in [1.807, 2.05) is 6.07 Å². The van der Waals surface area contributed by atoms with Crippen molar-refractivity contribution in [3.8, 4) is 0 Å². The Morgan fingerprint density at radius 3 is 2.82 bits per heavy atom. The summed E-state index contributed by atoms with van der Waals surface area (Å²) < 4.78 is 0. The molecule has 1 N–H and O–H groups in total. The van der Waals surface area contributed by atoms with Crippen molar-refractivity contribution >= 4 is 17.2 Å². The van der Waals surface area contributed by atoms with E-state index in [1.165, 1.54) is 16.9 Å². The van der Waals surface area contributed by atoms with Gasteiger partial charge in [-0.2, -0.15) is 0 Å². The number of carbonyl (C=O) groups excluding carboxylic acids is 1. The van der Waals surface area contributed by atoms with Crippen LogP contribution in [-0.4, -0.2) is 11.9 Å². The van der Waals surface area contributed by atoms with Crippen molar-refractivity contribution in [2.45, 2.75) is 52.5 Å². The summed E-state index contributed by atoms with van der Waals surface area (Å²) in [6.45, 7) is 6.49. The van der Waals surface area contributed by atoms with Gasteiger partial charge < -0.3 is 5.32 Å². The van der Waals surface area contributed by atoms with Crippen molar-refractivity contribution in [2.24, 2.45) is 5.92 Å². The summed E-state index contributed by atoms with van der Waals surface area (Å²) in [6, 6.07) is 2.42. The molecular weight excluding hydrogens is 230 g/mol. The molecule has 0 aromatic carbocycles. The van der Waals surface area contributed by atoms with Gasteiger partial charge in [0.1, 0.15) is 0 Å². The van der Waals surface area contributed by atoms with E-state index in [0.717, 1.165) is 30.1 Å². The Morgan fingerprint density at radius 1 is 1.53 bits per heavy atom. The van der Waals surface area contributed by atoms with Gasteiger partial charge >= 0.3 is 0 Å². The van der Waals surface area contributed by atoms with Crippen LogP contribution in [0.1, 0.15) is 53.2 Å². The van der Waals surface area contributed by atoms with Crippen LogP contribution in [0.4, 0.5) is 0 Å². The number of hydrogen-bond donors (Lipinski definition) is 1. The largest absolute Gasteiger partial charge is 0.349 e. The molecule has 94 valence electrons. The standard InChI is InChI=1S/C14H21NOS/c1-4-12-10(3)8-13(17-12)14(16)15-11-6-5-9(2)7-11/h8-9,11H,4-7H2,1-3H3,(H,15,16). The number of rotatable bonds is 3. The summed E-state index contributed by atoms with van der Waals surface area (Å²) >= 11 is 1.64. The molecule has 1 amide bonds. The lowest BCUT2D eigenvalue weighted by Crippen LogP contribution is -2.32. The highest BCUT2D eigenvalue weighted by Crippen LogP contribution is 2.26. The molecule has 1 aromatic rings. The number of carbonyl (C=O) groups is 1. The smallest absolute Gasteiger partial charge is 0.261 e. The summed E-state index contributed by atoms with van der Waals surface area (Å²) in [7, 11) is 0. The van der Waals surface area contributed by atoms with Crippen LogP contribution < -0.4 is 5.32 Å². The quantitative estimate of drug-likeness (QED) is 0.874. The van der Waals surface area contributed by atoms with E-state index in [9.17, 15) is 4.79 Å². The van der Waals surface area contributed by atoms with Crippen LogP contribution in [0.25, 0.3) is 0 Å². The molecule has 0 spiro atoms. The highest BCUT2D eigenvalue weighted by molar-refractivity contribution is 7.14. The maximum atomic E-state index is 12.1. The number of aryl methyl sites for hydroxylation is 2. The van der Waals surface area contributed by atoms with Crippen LogP contribution in [-0.2, 0) is 6.42 Å². The number of thiophene rings is 1. The third-order valence-corrected chi connectivity index (χ3v) is 4.98. The van der Waals surface area contributed by atoms with Crippen LogP contribution in [0.2, 0.25) is 0 Å². The van der Waals surface area contributed by atoms with Crippen molar-refractivity contribution in [1.82, 2.24) is 5.32 Å². The third-order valence-electron chi connectivity index (χ3n) is 3.60. The van der Waals surface area contributed by atoms with Crippen LogP contribution in [0.3, 0.4) is 0 Å². The number of amides is 1. The summed E-state index contributed by atoms with van der Waals surface area (Å²) in [4.78, 5) is 14.3. The third kappa shape index (κ3) is 2.89. The van der Waals surface area contributed by atoms with Gasteiger partial charge in [0, 0.05) is 10.9 Å². The second-order valence-electron chi connectivity index (χ2n) is 5.16. The molecule has 17 heavy (non-hydrogen) atoms. The topological polar surface area (TPSA) is 29.1 Å². The molecule has 1 heterocycles. The lowest BCUT2D eigenvalue weighted by atomic mass is 10.1. The molecule has 1 aromatic heterocycles. The summed E-state index contributed by atoms with van der Waals surface area (Å²) in [6.07, 6.45) is 4.54. The Kier molecular flexibility index (Phi) is 3.87. The Hall–Kier alpha value is -0.830. The molecule has 0 bridgehead atoms. The Morgan fingerprint density at radius 2 is 2.29 bits per heavy atom. The zero-order valence-corrected chi connectivity index (χ0v) is 11.7. The number of hydrogen-bond acceptors (Lipinski definition) is 2. The first-order chi connectivity index (χ1) is 8.10. The molecule has 1 aliphatic carbocycles. The Balaban J connectivity index is 1.99. The van der Waals surface area contributed by atoms with Crippen LogP contribution >= 0.6 is 11.3 Å². The molecule has 1 saturated carbocycles. The van der Waals surface area contributed by atoms with E-state index in [1.54, 1.807) is 11.3 Å². The van der Waals surface area contributed by atoms with Gasteiger partial charge in [0.2, 0.25) is 0 Å². The van der Waals surface area contributed by atoms with Gasteiger partial charge in [-0.05, 0) is 50.2 Å². The van der Waals surface area contributed by atoms with Crippen molar-refractivity contribution in [3.63, 3.8) is 0 Å². The molecule has 3 heteroatoms. The molecule has 2 unspecified atom stereocenters. The Labute approximate surface area is 107 Å². The minimum Gasteiger partial charge on any atom is -0.349 e. The van der Waals surface area contributed by atoms with Crippen LogP contribution in [0, 0.1) is 12.8 Å². The predicted molar refractivity (Wildman–Crippen MR) is 72.7 cm³/mol. The van der Waals surface area contributed by atoms with Crippen LogP contribution in [0.5, 0.6) is 0 Å². The van der Waals surface area contributed by atoms with E-state index in [-0.39, 0.29) is 5.91 Å². The summed E-state index contributed by atoms with van der Waals surface area (Å²) in [5.74, 6) is 0.883. The van der Waals surface area contributed by atoms with E-state index >= 15 is 0 Å². The maximum absolute atomic E-state index is 12.1. The predicted octanol–water partition coefficient (Wildman–Crippen LogP) is 3.54. The molecule has 2 atom stereocenters. The lowest BCUT2D eigenvalue weighted by molar-refractivity contribution is 0.0941. The monoisotopic (exact) mass is 251 g/mol. The first-order valence-electron chi connectivity index (χ1n) is 6.50. The SMILES string of the molecule is CCc1sc(C(=O)NC2CCC(C)C2)cc1C. The van der Waals surface area contributed by atoms with Gasteiger partial charge in [0.25, 0.3) is 5.91 Å². The van der Waals surface area contributed by atoms with E-state index in [4.69, 9.17) is 0 Å². The van der Waals surface area contributed by atoms with Gasteiger partial charge in [-0.3, -0.25) is 4.79 Å². The zero-order chi connectivity index (χ0) is 12.4. The molecular formula is C14H21NOS. The van der Waals surface area contributed by atoms with Gasteiger partial charge in [0.05, 0.1) is 4.88 Å². The number of nitrogens with one attached hydrogen (secondary N) is 1. The molecule has 0 saturated heterocycles. The maximum Gasteiger partial charge on any atom is 0.261 e. The molecule has 2 nitrogen and oxygen atoms in total. The van der Waals surface area contributed by atoms with Gasteiger partial charge in [-0.15, -0.1) is 11.3 Å². The molecule has 0 radical (unpaired) electrons. The second kappa shape index (κ2) is 5.21. The first kappa shape index (κ1) is 12.6. The minimum atomic E-state index is 0.122. The summed E-state index contributed by atoms with van der Waals surface area (Å²) in [5.41, 5.74) is 1.25. The van der Waals surface area contributed by atoms with Crippen LogP contribution in [0.15, 0.2) is 6.07 Å². The highest BCUT2D eigenvalue weighted by Gasteiger charge is 2.23. The van der Waals surface area contributed by atoms with Crippen molar-refractivity contribution in [2.75, 3.05) is 0 Å². The normalized spacial score (nSPS) is 23.9. The zero-order valence-electron chi connectivity index (χ0n) is 10.9. The first-order valence-corrected chi connectivity index (χ1v) is 7.32. The molecule has 1 aliphatic rings. The van der Waals surface area contributed by atoms with E-state index < -0.39 is 0 Å². The average molecular weight is 251 g/mol. The minimum absolute atomic E-state index is 0.122. The fourth-order valence-electron chi connectivity index (χ4n) is 2.58.